The fourth-order valence-corrected chi connectivity index (χ4v) is 0.919. The third-order valence-electron chi connectivity index (χ3n) is 1.87. The minimum Gasteiger partial charge on any atom is -0.394 e. The molecule has 0 radical (unpaired) electrons. The Morgan fingerprint density at radius 1 is 1.00 bits per heavy atom. The van der Waals surface area contributed by atoms with Gasteiger partial charge in [0, 0.05) is 0 Å². The van der Waals surface area contributed by atoms with Crippen molar-refractivity contribution in [1.82, 2.24) is 0 Å². The minimum absolute atomic E-state index is 0.297. The van der Waals surface area contributed by atoms with Crippen LogP contribution in [0.25, 0.3) is 0 Å². The van der Waals surface area contributed by atoms with Crippen LogP contribution in [0.15, 0.2) is 0 Å². The highest BCUT2D eigenvalue weighted by atomic mass is 16.3. The second kappa shape index (κ2) is 6.37. The zero-order chi connectivity index (χ0) is 9.56. The average Bonchev–Trinajstić information content (AvgIpc) is 2.11. The van der Waals surface area contributed by atoms with Gasteiger partial charge in [0.2, 0.25) is 0 Å². The summed E-state index contributed by atoms with van der Waals surface area (Å²) >= 11 is 0. The van der Waals surface area contributed by atoms with Crippen LogP contribution in [-0.2, 0) is 0 Å². The summed E-state index contributed by atoms with van der Waals surface area (Å²) in [7, 11) is 0. The highest BCUT2D eigenvalue weighted by molar-refractivity contribution is 4.67. The largest absolute Gasteiger partial charge is 0.394 e. The number of rotatable bonds is 6. The standard InChI is InChI=1S/C8H18O4/c1-2-7(11)8(12)4-3-6(10)5-9/h6-12H,2-5H2,1H3. The van der Waals surface area contributed by atoms with Crippen molar-refractivity contribution in [2.24, 2.45) is 0 Å². The van der Waals surface area contributed by atoms with Crippen LogP contribution in [0.5, 0.6) is 0 Å². The van der Waals surface area contributed by atoms with Crippen molar-refractivity contribution in [2.75, 3.05) is 6.61 Å². The molecule has 4 heteroatoms. The van der Waals surface area contributed by atoms with Gasteiger partial charge in [0.25, 0.3) is 0 Å². The number of hydrogen-bond acceptors (Lipinski definition) is 4. The lowest BCUT2D eigenvalue weighted by atomic mass is 10.0. The summed E-state index contributed by atoms with van der Waals surface area (Å²) < 4.78 is 0. The van der Waals surface area contributed by atoms with E-state index in [0.29, 0.717) is 19.3 Å². The van der Waals surface area contributed by atoms with Gasteiger partial charge in [-0.2, -0.15) is 0 Å². The molecule has 4 N–H and O–H groups in total. The van der Waals surface area contributed by atoms with Gasteiger partial charge >= 0.3 is 0 Å². The molecule has 0 aromatic carbocycles. The normalized spacial score (nSPS) is 18.8. The maximum absolute atomic E-state index is 9.22. The third-order valence-corrected chi connectivity index (χ3v) is 1.87. The number of aliphatic hydroxyl groups is 4. The molecule has 3 atom stereocenters. The van der Waals surface area contributed by atoms with E-state index in [4.69, 9.17) is 15.3 Å². The summed E-state index contributed by atoms with van der Waals surface area (Å²) in [6.07, 6.45) is -1.18. The van der Waals surface area contributed by atoms with Crippen molar-refractivity contribution in [1.29, 1.82) is 0 Å². The predicted molar refractivity (Wildman–Crippen MR) is 44.6 cm³/mol. The molecular formula is C8H18O4. The van der Waals surface area contributed by atoms with Crippen molar-refractivity contribution < 1.29 is 20.4 Å². The molecule has 0 heterocycles. The van der Waals surface area contributed by atoms with E-state index in [-0.39, 0.29) is 6.61 Å². The lowest BCUT2D eigenvalue weighted by Gasteiger charge is -2.16. The zero-order valence-corrected chi connectivity index (χ0v) is 7.35. The summed E-state index contributed by atoms with van der Waals surface area (Å²) in [4.78, 5) is 0. The molecule has 0 rings (SSSR count). The topological polar surface area (TPSA) is 80.9 Å². The summed E-state index contributed by atoms with van der Waals surface area (Å²) in [5.74, 6) is 0. The molecule has 0 saturated heterocycles. The monoisotopic (exact) mass is 178 g/mol. The van der Waals surface area contributed by atoms with Crippen molar-refractivity contribution >= 4 is 0 Å². The van der Waals surface area contributed by atoms with Crippen LogP contribution < -0.4 is 0 Å². The van der Waals surface area contributed by atoms with Crippen molar-refractivity contribution in [3.63, 3.8) is 0 Å². The molecule has 0 amide bonds. The molecule has 0 aromatic heterocycles. The van der Waals surface area contributed by atoms with Crippen LogP contribution in [0.1, 0.15) is 26.2 Å². The van der Waals surface area contributed by atoms with Crippen LogP contribution in [0, 0.1) is 0 Å². The van der Waals surface area contributed by atoms with Crippen molar-refractivity contribution in [3.05, 3.63) is 0 Å². The molecule has 0 aromatic rings. The van der Waals surface area contributed by atoms with E-state index in [9.17, 15) is 5.11 Å². The first-order valence-electron chi connectivity index (χ1n) is 4.26. The van der Waals surface area contributed by atoms with E-state index >= 15 is 0 Å². The fraction of sp³-hybridized carbons (Fsp3) is 1.00. The summed E-state index contributed by atoms with van der Waals surface area (Å²) in [5.41, 5.74) is 0. The van der Waals surface area contributed by atoms with E-state index in [0.717, 1.165) is 0 Å². The first kappa shape index (κ1) is 11.8. The van der Waals surface area contributed by atoms with Crippen LogP contribution in [0.3, 0.4) is 0 Å². The molecule has 0 aliphatic rings. The van der Waals surface area contributed by atoms with E-state index in [1.807, 2.05) is 0 Å². The summed E-state index contributed by atoms with van der Waals surface area (Å²) in [6, 6.07) is 0. The summed E-state index contributed by atoms with van der Waals surface area (Å²) in [5, 5.41) is 35.7. The van der Waals surface area contributed by atoms with Gasteiger partial charge in [0.1, 0.15) is 0 Å². The quantitative estimate of drug-likeness (QED) is 0.431. The van der Waals surface area contributed by atoms with E-state index in [2.05, 4.69) is 0 Å². The Labute approximate surface area is 72.5 Å². The Morgan fingerprint density at radius 2 is 1.58 bits per heavy atom. The SMILES string of the molecule is CCC(O)C(O)CCC(O)CO. The molecule has 74 valence electrons. The molecule has 0 bridgehead atoms. The van der Waals surface area contributed by atoms with E-state index in [1.54, 1.807) is 6.92 Å². The van der Waals surface area contributed by atoms with Crippen LogP contribution in [-0.4, -0.2) is 45.3 Å². The van der Waals surface area contributed by atoms with Crippen LogP contribution >= 0.6 is 0 Å². The zero-order valence-electron chi connectivity index (χ0n) is 7.35. The Bertz CT molecular complexity index is 107. The van der Waals surface area contributed by atoms with Gasteiger partial charge in [-0.3, -0.25) is 0 Å². The molecule has 0 spiro atoms. The Kier molecular flexibility index (Phi) is 6.28. The molecule has 3 unspecified atom stereocenters. The molecule has 0 aliphatic heterocycles. The van der Waals surface area contributed by atoms with Crippen LogP contribution in [0.4, 0.5) is 0 Å². The third kappa shape index (κ3) is 4.66. The second-order valence-corrected chi connectivity index (χ2v) is 2.96. The highest BCUT2D eigenvalue weighted by Gasteiger charge is 2.15. The maximum Gasteiger partial charge on any atom is 0.0800 e. The highest BCUT2D eigenvalue weighted by Crippen LogP contribution is 2.07. The maximum atomic E-state index is 9.22. The summed E-state index contributed by atoms with van der Waals surface area (Å²) in [6.45, 7) is 1.48. The Hall–Kier alpha value is -0.160. The van der Waals surface area contributed by atoms with E-state index < -0.39 is 18.3 Å². The minimum atomic E-state index is -0.795. The van der Waals surface area contributed by atoms with Gasteiger partial charge in [-0.05, 0) is 19.3 Å². The van der Waals surface area contributed by atoms with Gasteiger partial charge in [0.15, 0.2) is 0 Å². The van der Waals surface area contributed by atoms with Crippen molar-refractivity contribution in [3.8, 4) is 0 Å². The molecular weight excluding hydrogens is 160 g/mol. The number of aliphatic hydroxyl groups excluding tert-OH is 4. The molecule has 0 saturated carbocycles. The van der Waals surface area contributed by atoms with Gasteiger partial charge in [-0.25, -0.2) is 0 Å². The molecule has 12 heavy (non-hydrogen) atoms. The Balaban J connectivity index is 3.49. The Morgan fingerprint density at radius 3 is 2.00 bits per heavy atom. The average molecular weight is 178 g/mol. The van der Waals surface area contributed by atoms with Gasteiger partial charge in [-0.1, -0.05) is 6.92 Å². The second-order valence-electron chi connectivity index (χ2n) is 2.96. The molecule has 4 nitrogen and oxygen atoms in total. The first-order valence-corrected chi connectivity index (χ1v) is 4.26. The fourth-order valence-electron chi connectivity index (χ4n) is 0.919. The first-order chi connectivity index (χ1) is 5.61. The predicted octanol–water partition coefficient (Wildman–Crippen LogP) is -0.748. The van der Waals surface area contributed by atoms with E-state index in [1.165, 1.54) is 0 Å². The smallest absolute Gasteiger partial charge is 0.0800 e. The number of hydrogen-bond donors (Lipinski definition) is 4. The molecule has 0 aliphatic carbocycles. The lowest BCUT2D eigenvalue weighted by Crippen LogP contribution is -2.26. The van der Waals surface area contributed by atoms with Gasteiger partial charge in [-0.15, -0.1) is 0 Å². The van der Waals surface area contributed by atoms with Crippen molar-refractivity contribution in [2.45, 2.75) is 44.5 Å². The van der Waals surface area contributed by atoms with Gasteiger partial charge in [0.05, 0.1) is 24.9 Å². The van der Waals surface area contributed by atoms with Gasteiger partial charge < -0.3 is 20.4 Å². The molecule has 0 fully saturated rings. The lowest BCUT2D eigenvalue weighted by molar-refractivity contribution is -0.000928. The van der Waals surface area contributed by atoms with Crippen LogP contribution in [0.2, 0.25) is 0 Å².